The summed E-state index contributed by atoms with van der Waals surface area (Å²) in [5.41, 5.74) is 0. The number of carboxylic acid groups (broad SMARTS) is 1. The lowest BCUT2D eigenvalue weighted by Gasteiger charge is -2.46. The number of carbonyl (C=O) groups excluding carboxylic acids is 3. The third kappa shape index (κ3) is 15.3. The van der Waals surface area contributed by atoms with Crippen LogP contribution in [0.1, 0.15) is 65.7 Å². The minimum absolute atomic E-state index is 0.0999. The van der Waals surface area contributed by atoms with Gasteiger partial charge in [-0.3, -0.25) is 23.4 Å². The van der Waals surface area contributed by atoms with Crippen LogP contribution in [0.3, 0.4) is 0 Å². The fourth-order valence-electron chi connectivity index (χ4n) is 4.38. The highest BCUT2D eigenvalue weighted by Gasteiger charge is 2.55. The molecule has 0 bridgehead atoms. The van der Waals surface area contributed by atoms with E-state index in [9.17, 15) is 54.2 Å². The number of nitrogens with one attached hydrogen (secondary N) is 1. The Kier molecular flexibility index (Phi) is 18.2. The summed E-state index contributed by atoms with van der Waals surface area (Å²) in [6.07, 6.45) is -5.01. The number of ether oxygens (including phenoxy) is 4. The summed E-state index contributed by atoms with van der Waals surface area (Å²) in [7, 11) is -4.46. The average molecular weight is 676 g/mol. The van der Waals surface area contributed by atoms with E-state index in [2.05, 4.69) is 5.32 Å². The molecule has 0 aromatic carbocycles. The molecular formula is C26H46NO17P. The summed E-state index contributed by atoms with van der Waals surface area (Å²) in [5.74, 6) is -5.90. The smallest absolute Gasteiger partial charge is 0.472 e. The van der Waals surface area contributed by atoms with Gasteiger partial charge in [0.05, 0.1) is 38.6 Å². The maximum atomic E-state index is 12.1. The van der Waals surface area contributed by atoms with Gasteiger partial charge in [0.2, 0.25) is 5.91 Å². The Morgan fingerprint density at radius 2 is 1.56 bits per heavy atom. The molecule has 1 saturated heterocycles. The molecule has 8 atom stereocenters. The van der Waals surface area contributed by atoms with Crippen molar-refractivity contribution < 1.29 is 82.2 Å². The highest BCUT2D eigenvalue weighted by Crippen LogP contribution is 2.43. The summed E-state index contributed by atoms with van der Waals surface area (Å²) in [6.45, 7) is 1.43. The molecule has 0 spiro atoms. The van der Waals surface area contributed by atoms with Gasteiger partial charge in [0.1, 0.15) is 24.9 Å². The molecule has 1 aliphatic rings. The number of phosphoric ester groups is 1. The fourth-order valence-corrected chi connectivity index (χ4v) is 5.17. The Hall–Kier alpha value is -2.25. The number of carbonyl (C=O) groups is 4. The van der Waals surface area contributed by atoms with Crippen LogP contribution >= 0.6 is 7.82 Å². The Labute approximate surface area is 260 Å². The van der Waals surface area contributed by atoms with E-state index in [1.54, 1.807) is 0 Å². The van der Waals surface area contributed by atoms with Gasteiger partial charge < -0.3 is 54.7 Å². The zero-order chi connectivity index (χ0) is 34.2. The molecule has 0 aromatic rings. The largest absolute Gasteiger partial charge is 0.477 e. The monoisotopic (exact) mass is 675 g/mol. The molecule has 1 heterocycles. The number of carboxylic acids is 1. The van der Waals surface area contributed by atoms with E-state index in [0.29, 0.717) is 38.5 Å². The molecule has 1 fully saturated rings. The van der Waals surface area contributed by atoms with Gasteiger partial charge in [0.25, 0.3) is 5.79 Å². The van der Waals surface area contributed by atoms with Crippen molar-refractivity contribution in [3.8, 4) is 0 Å². The maximum Gasteiger partial charge on any atom is 0.472 e. The SMILES string of the molecule is CC(=O)N[C@H]1[C@H]([C@@H](O)[C@@H](O)CO)O[C@@](OCCCCCCCCOP(=O)(O)OCC(COC(C)=O)OC(C)=O)(C(=O)O)C[C@@H]1O. The molecule has 1 rings (SSSR count). The molecule has 7 N–H and O–H groups in total. The lowest BCUT2D eigenvalue weighted by molar-refractivity contribution is -0.311. The first-order valence-electron chi connectivity index (χ1n) is 14.4. The number of rotatable bonds is 22. The van der Waals surface area contributed by atoms with Crippen LogP contribution in [0.5, 0.6) is 0 Å². The summed E-state index contributed by atoms with van der Waals surface area (Å²) < 4.78 is 42.5. The van der Waals surface area contributed by atoms with Gasteiger partial charge in [-0.05, 0) is 12.8 Å². The van der Waals surface area contributed by atoms with Crippen molar-refractivity contribution in [2.24, 2.45) is 0 Å². The van der Waals surface area contributed by atoms with E-state index in [1.165, 1.54) is 0 Å². The quantitative estimate of drug-likeness (QED) is 0.0417. The molecule has 1 aliphatic heterocycles. The van der Waals surface area contributed by atoms with Crippen molar-refractivity contribution >= 4 is 31.6 Å². The number of unbranched alkanes of at least 4 members (excludes halogenated alkanes) is 5. The summed E-state index contributed by atoms with van der Waals surface area (Å²) >= 11 is 0. The lowest BCUT2D eigenvalue weighted by atomic mass is 9.88. The minimum atomic E-state index is -4.46. The highest BCUT2D eigenvalue weighted by atomic mass is 31.2. The van der Waals surface area contributed by atoms with Gasteiger partial charge >= 0.3 is 25.7 Å². The van der Waals surface area contributed by atoms with E-state index in [-0.39, 0.29) is 19.8 Å². The number of amides is 1. The van der Waals surface area contributed by atoms with Crippen molar-refractivity contribution in [2.75, 3.05) is 33.0 Å². The molecule has 0 aliphatic carbocycles. The Morgan fingerprint density at radius 1 is 0.956 bits per heavy atom. The van der Waals surface area contributed by atoms with Crippen LogP contribution < -0.4 is 5.32 Å². The Bertz CT molecular complexity index is 999. The van der Waals surface area contributed by atoms with E-state index >= 15 is 0 Å². The summed E-state index contributed by atoms with van der Waals surface area (Å²) in [6, 6.07) is -1.28. The van der Waals surface area contributed by atoms with Gasteiger partial charge in [0, 0.05) is 27.2 Å². The van der Waals surface area contributed by atoms with Crippen LogP contribution in [0.4, 0.5) is 0 Å². The second kappa shape index (κ2) is 20.1. The topological polar surface area (TPSA) is 274 Å². The van der Waals surface area contributed by atoms with Crippen molar-refractivity contribution in [3.63, 3.8) is 0 Å². The van der Waals surface area contributed by atoms with E-state index < -0.39 is 93.6 Å². The molecular weight excluding hydrogens is 629 g/mol. The molecule has 0 aromatic heterocycles. The summed E-state index contributed by atoms with van der Waals surface area (Å²) in [4.78, 5) is 55.6. The van der Waals surface area contributed by atoms with Crippen LogP contribution in [-0.2, 0) is 51.7 Å². The highest BCUT2D eigenvalue weighted by molar-refractivity contribution is 7.47. The number of aliphatic carboxylic acids is 1. The number of aliphatic hydroxyl groups excluding tert-OH is 4. The first kappa shape index (κ1) is 40.8. The van der Waals surface area contributed by atoms with Crippen molar-refractivity contribution in [1.29, 1.82) is 0 Å². The second-order valence-corrected chi connectivity index (χ2v) is 11.9. The zero-order valence-corrected chi connectivity index (χ0v) is 26.5. The molecule has 18 nitrogen and oxygen atoms in total. The molecule has 0 saturated carbocycles. The summed E-state index contributed by atoms with van der Waals surface area (Å²) in [5, 5.41) is 52.3. The van der Waals surface area contributed by atoms with Gasteiger partial charge in [-0.25, -0.2) is 9.36 Å². The van der Waals surface area contributed by atoms with E-state index in [4.69, 9.17) is 28.0 Å². The van der Waals surface area contributed by atoms with Crippen LogP contribution in [0.2, 0.25) is 0 Å². The third-order valence-corrected chi connectivity index (χ3v) is 7.53. The number of aliphatic hydroxyl groups is 4. The van der Waals surface area contributed by atoms with E-state index in [0.717, 1.165) is 20.8 Å². The second-order valence-electron chi connectivity index (χ2n) is 10.5. The van der Waals surface area contributed by atoms with Crippen LogP contribution in [0.25, 0.3) is 0 Å². The number of hydrogen-bond acceptors (Lipinski definition) is 15. The molecule has 2 unspecified atom stereocenters. The van der Waals surface area contributed by atoms with Crippen LogP contribution in [0.15, 0.2) is 0 Å². The first-order valence-corrected chi connectivity index (χ1v) is 15.9. The fraction of sp³-hybridized carbons (Fsp3) is 0.846. The van der Waals surface area contributed by atoms with E-state index in [1.807, 2.05) is 0 Å². The predicted molar refractivity (Wildman–Crippen MR) is 150 cm³/mol. The minimum Gasteiger partial charge on any atom is -0.477 e. The number of hydrogen-bond donors (Lipinski definition) is 7. The van der Waals surface area contributed by atoms with Crippen molar-refractivity contribution in [1.82, 2.24) is 5.32 Å². The normalized spacial score (nSPS) is 24.9. The van der Waals surface area contributed by atoms with Crippen LogP contribution in [0, 0.1) is 0 Å². The molecule has 1 amide bonds. The first-order chi connectivity index (χ1) is 21.0. The van der Waals surface area contributed by atoms with Crippen molar-refractivity contribution in [3.05, 3.63) is 0 Å². The van der Waals surface area contributed by atoms with Gasteiger partial charge in [-0.1, -0.05) is 25.7 Å². The van der Waals surface area contributed by atoms with Crippen molar-refractivity contribution in [2.45, 2.75) is 108 Å². The third-order valence-electron chi connectivity index (χ3n) is 6.54. The predicted octanol–water partition coefficient (Wildman–Crippen LogP) is -0.878. The Morgan fingerprint density at radius 3 is 2.09 bits per heavy atom. The number of phosphoric acid groups is 1. The molecule has 19 heteroatoms. The molecule has 262 valence electrons. The zero-order valence-electron chi connectivity index (χ0n) is 25.6. The molecule has 0 radical (unpaired) electrons. The maximum absolute atomic E-state index is 12.1. The van der Waals surface area contributed by atoms with Gasteiger partial charge in [0.15, 0.2) is 6.10 Å². The van der Waals surface area contributed by atoms with Gasteiger partial charge in [-0.15, -0.1) is 0 Å². The Balaban J connectivity index is 2.45. The average Bonchev–Trinajstić information content (AvgIpc) is 2.95. The lowest BCUT2D eigenvalue weighted by Crippen LogP contribution is -2.67. The van der Waals surface area contributed by atoms with Crippen LogP contribution in [-0.4, -0.2) is 130 Å². The molecule has 45 heavy (non-hydrogen) atoms. The number of esters is 2. The standard InChI is InChI=1S/C26H46NO17P/c1-16(29)27-22-20(32)12-26(25(35)36,44-24(22)23(34)21(33)13-28)40-10-8-6-4-5-7-9-11-41-45(37,38)42-15-19(43-18(3)31)14-39-17(2)30/h19-24,28,32-34H,4-15H2,1-3H3,(H,27,29)(H,35,36)(H,37,38)/t19?,20-,21-,22+,23-,24+,26+/m0/s1. The van der Waals surface area contributed by atoms with Gasteiger partial charge in [-0.2, -0.15) is 0 Å².